The number of Topliss-reactive ketones (excluding diaryl/α,β-unsaturated/α-hetero) is 1. The summed E-state index contributed by atoms with van der Waals surface area (Å²) in [6.07, 6.45) is 2.82. The first kappa shape index (κ1) is 19.1. The second-order valence-electron chi connectivity index (χ2n) is 7.91. The van der Waals surface area contributed by atoms with E-state index in [1.54, 1.807) is 19.9 Å². The largest absolute Gasteiger partial charge is 0.395 e. The Morgan fingerprint density at radius 2 is 1.96 bits per heavy atom. The van der Waals surface area contributed by atoms with Crippen molar-refractivity contribution in [3.05, 3.63) is 17.5 Å². The van der Waals surface area contributed by atoms with E-state index in [9.17, 15) is 18.3 Å². The molecular weight excluding hydrogens is 330 g/mol. The van der Waals surface area contributed by atoms with Crippen LogP contribution in [0.3, 0.4) is 0 Å². The molecule has 0 radical (unpaired) electrons. The fourth-order valence-corrected chi connectivity index (χ4v) is 4.31. The van der Waals surface area contributed by atoms with Crippen molar-refractivity contribution in [1.29, 1.82) is 0 Å². The Labute approximate surface area is 143 Å². The summed E-state index contributed by atoms with van der Waals surface area (Å²) in [5.74, 6) is 0.352. The zero-order valence-corrected chi connectivity index (χ0v) is 15.6. The van der Waals surface area contributed by atoms with E-state index in [1.807, 2.05) is 0 Å². The van der Waals surface area contributed by atoms with Gasteiger partial charge < -0.3 is 9.63 Å². The van der Waals surface area contributed by atoms with Crippen molar-refractivity contribution in [2.45, 2.75) is 63.5 Å². The van der Waals surface area contributed by atoms with Crippen LogP contribution in [-0.2, 0) is 26.5 Å². The summed E-state index contributed by atoms with van der Waals surface area (Å²) in [7, 11) is -3.51. The first-order valence-corrected chi connectivity index (χ1v) is 9.97. The van der Waals surface area contributed by atoms with Crippen LogP contribution in [0.25, 0.3) is 0 Å². The van der Waals surface area contributed by atoms with Crippen LogP contribution in [0.15, 0.2) is 10.6 Å². The molecule has 1 saturated carbocycles. The Morgan fingerprint density at radius 3 is 2.46 bits per heavy atom. The van der Waals surface area contributed by atoms with Crippen LogP contribution < -0.4 is 0 Å². The van der Waals surface area contributed by atoms with Crippen molar-refractivity contribution in [3.63, 3.8) is 0 Å². The quantitative estimate of drug-likeness (QED) is 0.765. The molecule has 24 heavy (non-hydrogen) atoms. The molecule has 7 heteroatoms. The minimum atomic E-state index is -3.51. The van der Waals surface area contributed by atoms with Crippen molar-refractivity contribution in [2.24, 2.45) is 5.92 Å². The van der Waals surface area contributed by atoms with Crippen LogP contribution in [-0.4, -0.2) is 41.6 Å². The molecular formula is C17H27NO5S. The van der Waals surface area contributed by atoms with Gasteiger partial charge in [-0.05, 0) is 32.6 Å². The van der Waals surface area contributed by atoms with Crippen molar-refractivity contribution < 1.29 is 22.8 Å². The summed E-state index contributed by atoms with van der Waals surface area (Å²) in [6.45, 7) is 6.43. The molecule has 1 aromatic heterocycles. The van der Waals surface area contributed by atoms with Gasteiger partial charge in [0.15, 0.2) is 15.6 Å². The lowest BCUT2D eigenvalue weighted by Gasteiger charge is -2.30. The summed E-state index contributed by atoms with van der Waals surface area (Å²) >= 11 is 0. The smallest absolute Gasteiger partial charge is 0.162 e. The first-order chi connectivity index (χ1) is 11.0. The highest BCUT2D eigenvalue weighted by atomic mass is 32.2. The van der Waals surface area contributed by atoms with E-state index in [4.69, 9.17) is 4.52 Å². The molecule has 136 valence electrons. The fraction of sp³-hybridized carbons (Fsp3) is 0.765. The van der Waals surface area contributed by atoms with Crippen LogP contribution in [0, 0.1) is 5.92 Å². The predicted molar refractivity (Wildman–Crippen MR) is 90.5 cm³/mol. The van der Waals surface area contributed by atoms with Crippen LogP contribution >= 0.6 is 0 Å². The van der Waals surface area contributed by atoms with E-state index >= 15 is 0 Å². The fourth-order valence-electron chi connectivity index (χ4n) is 2.52. The van der Waals surface area contributed by atoms with Gasteiger partial charge in [0, 0.05) is 11.5 Å². The molecule has 0 aliphatic heterocycles. The number of ketones is 1. The van der Waals surface area contributed by atoms with Crippen molar-refractivity contribution in [2.75, 3.05) is 12.4 Å². The molecule has 0 amide bonds. The average molecular weight is 357 g/mol. The number of hydrogen-bond donors (Lipinski definition) is 1. The maximum atomic E-state index is 12.6. The van der Waals surface area contributed by atoms with Gasteiger partial charge in [-0.1, -0.05) is 25.4 Å². The predicted octanol–water partition coefficient (Wildman–Crippen LogP) is 2.05. The normalized spacial score (nSPS) is 16.9. The lowest BCUT2D eigenvalue weighted by atomic mass is 9.87. The molecule has 0 atom stereocenters. The Kier molecular flexibility index (Phi) is 5.25. The molecule has 1 fully saturated rings. The van der Waals surface area contributed by atoms with Gasteiger partial charge in [0.1, 0.15) is 10.5 Å². The minimum Gasteiger partial charge on any atom is -0.395 e. The Bertz CT molecular complexity index is 698. The van der Waals surface area contributed by atoms with E-state index < -0.39 is 20.0 Å². The molecule has 0 bridgehead atoms. The Balaban J connectivity index is 2.10. The molecule has 1 N–H and O–H groups in total. The highest BCUT2D eigenvalue weighted by molar-refractivity contribution is 7.93. The zero-order chi connectivity index (χ0) is 18.2. The van der Waals surface area contributed by atoms with Crippen molar-refractivity contribution in [1.82, 2.24) is 5.16 Å². The molecule has 0 saturated heterocycles. The third-order valence-corrected chi connectivity index (χ3v) is 7.78. The zero-order valence-electron chi connectivity index (χ0n) is 14.8. The molecule has 0 spiro atoms. The van der Waals surface area contributed by atoms with Crippen molar-refractivity contribution >= 4 is 15.6 Å². The third-order valence-electron chi connectivity index (χ3n) is 5.09. The van der Waals surface area contributed by atoms with Gasteiger partial charge in [0.25, 0.3) is 0 Å². The molecule has 1 heterocycles. The third kappa shape index (κ3) is 3.72. The second kappa shape index (κ2) is 6.59. The van der Waals surface area contributed by atoms with Crippen LogP contribution in [0.2, 0.25) is 0 Å². The highest BCUT2D eigenvalue weighted by Gasteiger charge is 2.43. The molecule has 0 aromatic carbocycles. The van der Waals surface area contributed by atoms with E-state index in [2.05, 4.69) is 5.16 Å². The number of hydrogen-bond acceptors (Lipinski definition) is 6. The number of nitrogens with zero attached hydrogens (tertiary/aromatic N) is 1. The summed E-state index contributed by atoms with van der Waals surface area (Å²) in [5.41, 5.74) is -0.205. The van der Waals surface area contributed by atoms with Gasteiger partial charge in [0.05, 0.1) is 24.5 Å². The highest BCUT2D eigenvalue weighted by Crippen LogP contribution is 2.32. The SMILES string of the molecule is CC(C)(CO)c1cc(CC(=O)C(C)(C)S(=O)(=O)CC2CCC2)no1. The number of rotatable bonds is 8. The van der Waals surface area contributed by atoms with Crippen LogP contribution in [0.5, 0.6) is 0 Å². The second-order valence-corrected chi connectivity index (χ2v) is 10.5. The van der Waals surface area contributed by atoms with E-state index in [0.29, 0.717) is 11.5 Å². The molecule has 6 nitrogen and oxygen atoms in total. The number of aliphatic hydroxyl groups excluding tert-OH is 1. The van der Waals surface area contributed by atoms with Gasteiger partial charge in [-0.15, -0.1) is 0 Å². The van der Waals surface area contributed by atoms with E-state index in [-0.39, 0.29) is 30.5 Å². The maximum absolute atomic E-state index is 12.6. The Morgan fingerprint density at radius 1 is 1.33 bits per heavy atom. The van der Waals surface area contributed by atoms with Gasteiger partial charge >= 0.3 is 0 Å². The van der Waals surface area contributed by atoms with Crippen LogP contribution in [0.1, 0.15) is 58.4 Å². The van der Waals surface area contributed by atoms with Gasteiger partial charge in [-0.25, -0.2) is 8.42 Å². The van der Waals surface area contributed by atoms with Gasteiger partial charge in [-0.2, -0.15) is 0 Å². The molecule has 1 aliphatic rings. The monoisotopic (exact) mass is 357 g/mol. The lowest BCUT2D eigenvalue weighted by molar-refractivity contribution is -0.120. The molecule has 2 rings (SSSR count). The average Bonchev–Trinajstić information content (AvgIpc) is 2.92. The summed E-state index contributed by atoms with van der Waals surface area (Å²) in [5, 5.41) is 13.2. The summed E-state index contributed by atoms with van der Waals surface area (Å²) in [6, 6.07) is 1.61. The number of sulfone groups is 1. The number of aromatic nitrogens is 1. The molecule has 0 unspecified atom stereocenters. The minimum absolute atomic E-state index is 0.0767. The summed E-state index contributed by atoms with van der Waals surface area (Å²) in [4.78, 5) is 12.6. The summed E-state index contributed by atoms with van der Waals surface area (Å²) < 4.78 is 29.0. The van der Waals surface area contributed by atoms with Crippen molar-refractivity contribution in [3.8, 4) is 0 Å². The number of carbonyl (C=O) groups excluding carboxylic acids is 1. The molecule has 1 aromatic rings. The van der Waals surface area contributed by atoms with Gasteiger partial charge in [-0.3, -0.25) is 4.79 Å². The number of carbonyl (C=O) groups is 1. The van der Waals surface area contributed by atoms with Crippen LogP contribution in [0.4, 0.5) is 0 Å². The topological polar surface area (TPSA) is 97.5 Å². The number of aliphatic hydroxyl groups is 1. The van der Waals surface area contributed by atoms with E-state index in [1.165, 1.54) is 13.8 Å². The van der Waals surface area contributed by atoms with Gasteiger partial charge in [0.2, 0.25) is 0 Å². The first-order valence-electron chi connectivity index (χ1n) is 8.32. The maximum Gasteiger partial charge on any atom is 0.162 e. The lowest BCUT2D eigenvalue weighted by Crippen LogP contribution is -2.45. The Hall–Kier alpha value is -1.21. The standard InChI is InChI=1S/C17H27NO5S/c1-16(2,11-19)15-9-13(18-23-15)8-14(20)17(3,4)24(21,22)10-12-6-5-7-12/h9,12,19H,5-8,10-11H2,1-4H3. The molecule has 1 aliphatic carbocycles. The van der Waals surface area contributed by atoms with E-state index in [0.717, 1.165) is 19.3 Å².